The van der Waals surface area contributed by atoms with Gasteiger partial charge < -0.3 is 19.8 Å². The van der Waals surface area contributed by atoms with E-state index in [-0.39, 0.29) is 18.1 Å². The fraction of sp³-hybridized carbons (Fsp3) is 0.240. The molecule has 0 aliphatic carbocycles. The maximum absolute atomic E-state index is 13.5. The lowest BCUT2D eigenvalue weighted by Gasteiger charge is -2.31. The van der Waals surface area contributed by atoms with E-state index < -0.39 is 30.2 Å². The number of phenolic OH excluding ortho intramolecular Hbond substituents is 1. The van der Waals surface area contributed by atoms with Gasteiger partial charge >= 0.3 is 6.09 Å². The number of halogens is 2. The number of likely N-dealkylation sites (N-methyl/N-ethyl adjacent to an activating group) is 1. The van der Waals surface area contributed by atoms with Gasteiger partial charge in [-0.2, -0.15) is 0 Å². The van der Waals surface area contributed by atoms with Crippen LogP contribution in [0.25, 0.3) is 0 Å². The van der Waals surface area contributed by atoms with Gasteiger partial charge in [0.15, 0.2) is 6.10 Å². The third-order valence-electron chi connectivity index (χ3n) is 5.72. The number of aliphatic hydroxyl groups excluding tert-OH is 1. The molecule has 1 aliphatic rings. The van der Waals surface area contributed by atoms with Crippen LogP contribution in [0.1, 0.15) is 18.5 Å². The third kappa shape index (κ3) is 4.75. The van der Waals surface area contributed by atoms with E-state index in [1.54, 1.807) is 24.3 Å². The second-order valence-electron chi connectivity index (χ2n) is 7.81. The van der Waals surface area contributed by atoms with E-state index >= 15 is 0 Å². The predicted molar refractivity (Wildman–Crippen MR) is 120 cm³/mol. The Kier molecular flexibility index (Phi) is 6.46. The molecule has 1 amide bonds. The molecule has 1 fully saturated rings. The number of anilines is 2. The van der Waals surface area contributed by atoms with Crippen molar-refractivity contribution in [3.05, 3.63) is 90.0 Å². The van der Waals surface area contributed by atoms with Gasteiger partial charge in [-0.05, 0) is 73.2 Å². The molecule has 3 aromatic carbocycles. The predicted octanol–water partition coefficient (Wildman–Crippen LogP) is 4.62. The zero-order valence-electron chi connectivity index (χ0n) is 17.9. The number of hydrogen-bond acceptors (Lipinski definition) is 5. The Balaban J connectivity index is 1.66. The summed E-state index contributed by atoms with van der Waals surface area (Å²) in [5, 5.41) is 20.9. The number of aromatic hydroxyl groups is 1. The van der Waals surface area contributed by atoms with Crippen molar-refractivity contribution >= 4 is 17.5 Å². The number of aliphatic hydroxyl groups is 1. The average Bonchev–Trinajstić information content (AvgIpc) is 3.16. The van der Waals surface area contributed by atoms with E-state index in [1.807, 2.05) is 11.8 Å². The molecule has 6 nitrogen and oxygen atoms in total. The Labute approximate surface area is 190 Å². The summed E-state index contributed by atoms with van der Waals surface area (Å²) in [6, 6.07) is 16.9. The van der Waals surface area contributed by atoms with Crippen LogP contribution >= 0.6 is 0 Å². The van der Waals surface area contributed by atoms with Gasteiger partial charge in [0, 0.05) is 24.5 Å². The van der Waals surface area contributed by atoms with Gasteiger partial charge in [-0.15, -0.1) is 0 Å². The average molecular weight is 454 g/mol. The molecule has 0 spiro atoms. The quantitative estimate of drug-likeness (QED) is 0.545. The first-order valence-electron chi connectivity index (χ1n) is 10.6. The van der Waals surface area contributed by atoms with E-state index in [4.69, 9.17) is 4.74 Å². The zero-order chi connectivity index (χ0) is 23.5. The number of phenols is 1. The monoisotopic (exact) mass is 454 g/mol. The second-order valence-corrected chi connectivity index (χ2v) is 7.81. The fourth-order valence-corrected chi connectivity index (χ4v) is 4.06. The zero-order valence-corrected chi connectivity index (χ0v) is 17.9. The molecule has 3 aromatic rings. The number of carbonyl (C=O) groups is 1. The van der Waals surface area contributed by atoms with Crippen LogP contribution in [0, 0.1) is 11.6 Å². The first-order valence-corrected chi connectivity index (χ1v) is 10.6. The van der Waals surface area contributed by atoms with Crippen LogP contribution in [0.3, 0.4) is 0 Å². The molecule has 4 rings (SSSR count). The lowest BCUT2D eigenvalue weighted by atomic mass is 9.96. The highest BCUT2D eigenvalue weighted by Crippen LogP contribution is 2.39. The first-order chi connectivity index (χ1) is 15.9. The third-order valence-corrected chi connectivity index (χ3v) is 5.72. The minimum atomic E-state index is -1.09. The molecular formula is C25H24F2N2O4. The highest BCUT2D eigenvalue weighted by atomic mass is 19.1. The van der Waals surface area contributed by atoms with Gasteiger partial charge in [-0.1, -0.05) is 12.1 Å². The molecule has 8 heteroatoms. The number of amides is 1. The number of benzene rings is 3. The van der Waals surface area contributed by atoms with Crippen molar-refractivity contribution in [1.29, 1.82) is 0 Å². The Morgan fingerprint density at radius 3 is 2.12 bits per heavy atom. The summed E-state index contributed by atoms with van der Waals surface area (Å²) in [6.45, 7) is 2.57. The molecule has 2 N–H and O–H groups in total. The van der Waals surface area contributed by atoms with Gasteiger partial charge in [0.25, 0.3) is 0 Å². The highest BCUT2D eigenvalue weighted by molar-refractivity contribution is 5.91. The van der Waals surface area contributed by atoms with Crippen LogP contribution in [-0.4, -0.2) is 41.6 Å². The Bertz CT molecular complexity index is 1090. The first kappa shape index (κ1) is 22.5. The lowest BCUT2D eigenvalue weighted by molar-refractivity contribution is 0.0231. The summed E-state index contributed by atoms with van der Waals surface area (Å²) in [6.07, 6.45) is -2.71. The molecule has 0 unspecified atom stereocenters. The number of rotatable bonds is 7. The number of cyclic esters (lactones) is 1. The van der Waals surface area contributed by atoms with Crippen LogP contribution in [0.5, 0.6) is 5.75 Å². The van der Waals surface area contributed by atoms with E-state index in [0.717, 1.165) is 5.69 Å². The van der Waals surface area contributed by atoms with Crippen LogP contribution in [0.15, 0.2) is 72.8 Å². The maximum Gasteiger partial charge on any atom is 0.415 e. The molecule has 33 heavy (non-hydrogen) atoms. The summed E-state index contributed by atoms with van der Waals surface area (Å²) in [5.41, 5.74) is 1.77. The summed E-state index contributed by atoms with van der Waals surface area (Å²) in [4.78, 5) is 16.1. The molecule has 1 aliphatic heterocycles. The van der Waals surface area contributed by atoms with Crippen molar-refractivity contribution in [3.63, 3.8) is 0 Å². The van der Waals surface area contributed by atoms with Crippen molar-refractivity contribution in [3.8, 4) is 5.75 Å². The van der Waals surface area contributed by atoms with Crippen molar-refractivity contribution < 1.29 is 28.5 Å². The molecule has 1 heterocycles. The van der Waals surface area contributed by atoms with Crippen LogP contribution in [0.2, 0.25) is 0 Å². The smallest absolute Gasteiger partial charge is 0.415 e. The van der Waals surface area contributed by atoms with Gasteiger partial charge in [0.05, 0.1) is 0 Å². The van der Waals surface area contributed by atoms with Crippen LogP contribution in [0.4, 0.5) is 25.0 Å². The maximum atomic E-state index is 13.5. The number of nitrogens with zero attached hydrogens (tertiary/aromatic N) is 2. The van der Waals surface area contributed by atoms with Gasteiger partial charge in [-0.25, -0.2) is 13.6 Å². The summed E-state index contributed by atoms with van der Waals surface area (Å²) in [7, 11) is 0. The minimum absolute atomic E-state index is 0.0582. The number of ether oxygens (including phenoxy) is 1. The van der Waals surface area contributed by atoms with E-state index in [0.29, 0.717) is 17.8 Å². The molecule has 1 saturated heterocycles. The highest BCUT2D eigenvalue weighted by Gasteiger charge is 2.47. The molecule has 0 radical (unpaired) electrons. The largest absolute Gasteiger partial charge is 0.508 e. The van der Waals surface area contributed by atoms with Gasteiger partial charge in [-0.3, -0.25) is 4.90 Å². The van der Waals surface area contributed by atoms with E-state index in [9.17, 15) is 23.8 Å². The molecule has 0 bridgehead atoms. The normalized spacial score (nSPS) is 18.8. The fourth-order valence-electron chi connectivity index (χ4n) is 4.06. The molecule has 0 aromatic heterocycles. The number of hydrogen-bond donors (Lipinski definition) is 2. The van der Waals surface area contributed by atoms with Crippen LogP contribution in [-0.2, 0) is 4.74 Å². The number of carbonyl (C=O) groups excluding carboxylic acids is 1. The molecule has 3 atom stereocenters. The Morgan fingerprint density at radius 2 is 1.55 bits per heavy atom. The van der Waals surface area contributed by atoms with E-state index in [2.05, 4.69) is 0 Å². The lowest BCUT2D eigenvalue weighted by Crippen LogP contribution is -2.42. The van der Waals surface area contributed by atoms with Crippen molar-refractivity contribution in [2.75, 3.05) is 22.9 Å². The Hall–Kier alpha value is -3.65. The second kappa shape index (κ2) is 9.46. The standard InChI is InChI=1S/C25H24F2N2O4/c1-2-28(19-9-5-17(26)6-10-19)15-22(31)24-23(16-3-13-21(30)14-4-16)29(25(32)33-24)20-11-7-18(27)8-12-20/h3-14,22-24,30-31H,2,15H2,1H3/t22-,23-,24-/m1/s1. The SMILES string of the molecule is CCN(C[C@@H](O)[C@H]1OC(=O)N(c2ccc(F)cc2)[C@@H]1c1ccc(O)cc1)c1ccc(F)cc1. The van der Waals surface area contributed by atoms with Crippen molar-refractivity contribution in [1.82, 2.24) is 0 Å². The summed E-state index contributed by atoms with van der Waals surface area (Å²) < 4.78 is 32.4. The van der Waals surface area contributed by atoms with Crippen molar-refractivity contribution in [2.45, 2.75) is 25.2 Å². The van der Waals surface area contributed by atoms with Gasteiger partial charge in [0.1, 0.15) is 29.5 Å². The van der Waals surface area contributed by atoms with E-state index in [1.165, 1.54) is 53.4 Å². The molecular weight excluding hydrogens is 430 g/mol. The molecule has 0 saturated carbocycles. The Morgan fingerprint density at radius 1 is 0.970 bits per heavy atom. The minimum Gasteiger partial charge on any atom is -0.508 e. The van der Waals surface area contributed by atoms with Gasteiger partial charge in [0.2, 0.25) is 0 Å². The van der Waals surface area contributed by atoms with Crippen LogP contribution < -0.4 is 9.80 Å². The molecule has 172 valence electrons. The van der Waals surface area contributed by atoms with Crippen molar-refractivity contribution in [2.24, 2.45) is 0 Å². The summed E-state index contributed by atoms with van der Waals surface area (Å²) >= 11 is 0. The summed E-state index contributed by atoms with van der Waals surface area (Å²) in [5.74, 6) is -0.743. The topological polar surface area (TPSA) is 73.2 Å².